The van der Waals surface area contributed by atoms with E-state index in [4.69, 9.17) is 22.6 Å². The second kappa shape index (κ2) is 30.7. The molecule has 0 saturated carbocycles. The molecule has 1 unspecified atom stereocenters. The first-order valence-corrected chi connectivity index (χ1v) is 28.1. The Morgan fingerprint density at radius 2 is 1.50 bits per heavy atom. The zero-order valence-electron chi connectivity index (χ0n) is 42.9. The highest BCUT2D eigenvalue weighted by Crippen LogP contribution is 2.50. The van der Waals surface area contributed by atoms with E-state index >= 15 is 0 Å². The number of nitrogens with zero attached hydrogens (tertiary/aromatic N) is 3. The van der Waals surface area contributed by atoms with Crippen molar-refractivity contribution in [2.75, 3.05) is 26.3 Å². The van der Waals surface area contributed by atoms with Gasteiger partial charge < -0.3 is 33.3 Å². The lowest BCUT2D eigenvalue weighted by Gasteiger charge is -2.46. The predicted octanol–water partition coefficient (Wildman–Crippen LogP) is 10.1. The molecule has 1 fully saturated rings. The molecule has 4 atom stereocenters. The summed E-state index contributed by atoms with van der Waals surface area (Å²) in [4.78, 5) is 52.7. The van der Waals surface area contributed by atoms with E-state index in [0.29, 0.717) is 43.5 Å². The van der Waals surface area contributed by atoms with Crippen LogP contribution in [0.4, 0.5) is 0 Å². The third kappa shape index (κ3) is 19.3. The number of hydrogen-bond donors (Lipinski definition) is 3. The van der Waals surface area contributed by atoms with E-state index in [1.165, 1.54) is 49.3 Å². The van der Waals surface area contributed by atoms with Crippen LogP contribution in [-0.4, -0.2) is 90.8 Å². The largest absolute Gasteiger partial charge is 0.391 e. The molecule has 0 spiro atoms. The Bertz CT molecular complexity index is 1750. The zero-order chi connectivity index (χ0) is 49.5. The molecule has 0 radical (unpaired) electrons. The SMILES string of the molecule is C=C(C)C(=O)NCCCCCCCCCCCCNC(=O)CCC(CC)(CC)O[Si](OC[C@H]1O[C@@H](n2cc(C)c(=O)[nH]c2=O)C[C@H]1OP(OCCC#N)N(C(C)C)C(C)C)(C(C)C)C(C)C. The van der Waals surface area contributed by atoms with Crippen LogP contribution in [0.25, 0.3) is 0 Å². The van der Waals surface area contributed by atoms with E-state index in [1.807, 2.05) is 0 Å². The minimum Gasteiger partial charge on any atom is -0.391 e. The topological polar surface area (TPSA) is 186 Å². The van der Waals surface area contributed by atoms with Crippen molar-refractivity contribution in [2.45, 2.75) is 233 Å². The van der Waals surface area contributed by atoms with Crippen LogP contribution in [0.1, 0.15) is 191 Å². The van der Waals surface area contributed by atoms with Crippen LogP contribution in [-0.2, 0) is 32.2 Å². The second-order valence-corrected chi connectivity index (χ2v) is 24.9. The smallest absolute Gasteiger partial charge is 0.343 e. The molecule has 2 amide bonds. The van der Waals surface area contributed by atoms with E-state index in [2.05, 4.69) is 102 Å². The number of aromatic amines is 1. The predicted molar refractivity (Wildman–Crippen MR) is 267 cm³/mol. The Balaban J connectivity index is 2.11. The Hall–Kier alpha value is -2.74. The summed E-state index contributed by atoms with van der Waals surface area (Å²) >= 11 is 0. The number of ether oxygens (including phenoxy) is 1. The van der Waals surface area contributed by atoms with Gasteiger partial charge in [0.05, 0.1) is 37.4 Å². The number of aromatic nitrogens is 2. The van der Waals surface area contributed by atoms with Gasteiger partial charge in [-0.2, -0.15) is 5.26 Å². The molecule has 66 heavy (non-hydrogen) atoms. The van der Waals surface area contributed by atoms with Gasteiger partial charge in [-0.15, -0.1) is 0 Å². The normalized spacial score (nSPS) is 17.3. The van der Waals surface area contributed by atoms with Gasteiger partial charge in [0.2, 0.25) is 11.8 Å². The highest BCUT2D eigenvalue weighted by molar-refractivity contribution is 7.44. The number of unbranched alkanes of at least 4 members (excludes halogenated alkanes) is 9. The van der Waals surface area contributed by atoms with Gasteiger partial charge in [0.1, 0.15) is 12.3 Å². The van der Waals surface area contributed by atoms with Gasteiger partial charge in [-0.1, -0.05) is 99.5 Å². The van der Waals surface area contributed by atoms with Crippen LogP contribution in [0, 0.1) is 18.3 Å². The summed E-state index contributed by atoms with van der Waals surface area (Å²) in [7, 11) is -4.73. The molecule has 2 heterocycles. The summed E-state index contributed by atoms with van der Waals surface area (Å²) < 4.78 is 38.0. The number of rotatable bonds is 35. The maximum Gasteiger partial charge on any atom is 0.343 e. The summed E-state index contributed by atoms with van der Waals surface area (Å²) in [6, 6.07) is 2.31. The molecule has 0 aromatic carbocycles. The first kappa shape index (κ1) is 59.4. The van der Waals surface area contributed by atoms with Gasteiger partial charge in [-0.3, -0.25) is 23.9 Å². The Labute approximate surface area is 400 Å². The maximum atomic E-state index is 13.3. The minimum absolute atomic E-state index is 0.0368. The summed E-state index contributed by atoms with van der Waals surface area (Å²) in [5.74, 6) is -0.0219. The fourth-order valence-electron chi connectivity index (χ4n) is 8.63. The highest BCUT2D eigenvalue weighted by atomic mass is 31.2. The lowest BCUT2D eigenvalue weighted by atomic mass is 9.92. The first-order chi connectivity index (χ1) is 31.3. The Morgan fingerprint density at radius 3 is 2.00 bits per heavy atom. The highest BCUT2D eigenvalue weighted by Gasteiger charge is 2.52. The van der Waals surface area contributed by atoms with E-state index < -0.39 is 52.4 Å². The molecule has 17 heteroatoms. The fourth-order valence-corrected chi connectivity index (χ4v) is 14.4. The fraction of sp³-hybridized carbons (Fsp3) is 0.816. The quantitative estimate of drug-likeness (QED) is 0.0254. The van der Waals surface area contributed by atoms with Gasteiger partial charge in [0.25, 0.3) is 14.1 Å². The lowest BCUT2D eigenvalue weighted by molar-refractivity contribution is -0.122. The van der Waals surface area contributed by atoms with Crippen LogP contribution >= 0.6 is 8.53 Å². The number of carbonyl (C=O) groups is 2. The van der Waals surface area contributed by atoms with E-state index in [1.54, 1.807) is 13.8 Å². The monoisotopic (exact) mass is 965 g/mol. The van der Waals surface area contributed by atoms with Crippen LogP contribution < -0.4 is 21.9 Å². The van der Waals surface area contributed by atoms with Gasteiger partial charge >= 0.3 is 14.3 Å². The van der Waals surface area contributed by atoms with Gasteiger partial charge in [0, 0.05) is 55.3 Å². The molecule has 0 aliphatic carbocycles. The third-order valence-corrected chi connectivity index (χ3v) is 19.4. The van der Waals surface area contributed by atoms with Crippen LogP contribution in [0.5, 0.6) is 0 Å². The molecule has 1 aliphatic rings. The number of amides is 2. The Morgan fingerprint density at radius 1 is 0.955 bits per heavy atom. The molecular formula is C49H89N6O9PSi. The molecule has 1 aliphatic heterocycles. The number of hydrogen-bond acceptors (Lipinski definition) is 11. The van der Waals surface area contributed by atoms with Crippen molar-refractivity contribution in [1.29, 1.82) is 5.26 Å². The Kier molecular flexibility index (Phi) is 27.6. The molecule has 3 N–H and O–H groups in total. The lowest BCUT2D eigenvalue weighted by Crippen LogP contribution is -2.56. The van der Waals surface area contributed by atoms with Crippen molar-refractivity contribution < 1.29 is 32.2 Å². The number of carbonyl (C=O) groups excluding carboxylic acids is 2. The minimum atomic E-state index is -3.09. The summed E-state index contributed by atoms with van der Waals surface area (Å²) in [6.07, 6.45) is 13.9. The third-order valence-electron chi connectivity index (χ3n) is 12.7. The molecule has 1 aromatic heterocycles. The van der Waals surface area contributed by atoms with Crippen molar-refractivity contribution >= 4 is 28.9 Å². The van der Waals surface area contributed by atoms with Crippen molar-refractivity contribution in [3.8, 4) is 6.07 Å². The van der Waals surface area contributed by atoms with Crippen molar-refractivity contribution in [2.24, 2.45) is 0 Å². The van der Waals surface area contributed by atoms with Gasteiger partial charge in [-0.25, -0.2) is 9.46 Å². The molecular weight excluding hydrogens is 876 g/mol. The average Bonchev–Trinajstić information content (AvgIpc) is 3.66. The number of nitrogens with one attached hydrogen (secondary N) is 3. The zero-order valence-corrected chi connectivity index (χ0v) is 44.8. The van der Waals surface area contributed by atoms with Crippen LogP contribution in [0.2, 0.25) is 11.1 Å². The summed E-state index contributed by atoms with van der Waals surface area (Å²) in [6.45, 7) is 29.9. The molecule has 2 rings (SSSR count). The molecule has 15 nitrogen and oxygen atoms in total. The van der Waals surface area contributed by atoms with Crippen molar-refractivity contribution in [3.63, 3.8) is 0 Å². The second-order valence-electron chi connectivity index (χ2n) is 19.3. The van der Waals surface area contributed by atoms with Gasteiger partial charge in [0.15, 0.2) is 0 Å². The van der Waals surface area contributed by atoms with E-state index in [0.717, 1.165) is 38.5 Å². The van der Waals surface area contributed by atoms with Crippen LogP contribution in [0.3, 0.4) is 0 Å². The molecule has 0 bridgehead atoms. The molecule has 1 saturated heterocycles. The molecule has 378 valence electrons. The summed E-state index contributed by atoms with van der Waals surface area (Å²) in [5, 5.41) is 15.4. The molecule has 1 aromatic rings. The maximum absolute atomic E-state index is 13.3. The average molecular weight is 965 g/mol. The van der Waals surface area contributed by atoms with E-state index in [9.17, 15) is 24.4 Å². The van der Waals surface area contributed by atoms with Gasteiger partial charge in [-0.05, 0) is 84.7 Å². The van der Waals surface area contributed by atoms with Crippen molar-refractivity contribution in [1.82, 2.24) is 24.9 Å². The summed E-state index contributed by atoms with van der Waals surface area (Å²) in [5.41, 5.74) is -0.570. The first-order valence-electron chi connectivity index (χ1n) is 25.0. The number of H-pyrrole nitrogens is 1. The van der Waals surface area contributed by atoms with Crippen LogP contribution in [0.15, 0.2) is 27.9 Å². The number of aryl methyl sites for hydroxylation is 1. The van der Waals surface area contributed by atoms with E-state index in [-0.39, 0.29) is 54.6 Å². The van der Waals surface area contributed by atoms with Crippen molar-refractivity contribution in [3.05, 3.63) is 44.8 Å². The standard InChI is InChI=1S/C49H89N6O9PSi/c1-14-49(15-2,28-27-44(56)51-30-24-22-20-18-16-17-19-21-23-25-31-52-46(57)36(3)4)64-66(39(9)10,40(11)12)61-35-43-42(33-45(62-43)54-34-41(13)47(58)53-48(54)59)63-65(60-32-26-29-50)55(37(5)6)38(7)8/h34,37-40,42-43,45H,3,14-28,30-33,35H2,1-2,4-13H3,(H,51,56)(H,52,57)(H,53,58,59)/t42-,43-,45-,65?/m1/s1. The number of nitriles is 1.